The number of benzene rings is 2. The molecule has 0 radical (unpaired) electrons. The second-order valence-corrected chi connectivity index (χ2v) is 8.25. The van der Waals surface area contributed by atoms with Crippen molar-refractivity contribution in [3.8, 4) is 17.2 Å². The van der Waals surface area contributed by atoms with Crippen molar-refractivity contribution >= 4 is 41.7 Å². The molecular weight excluding hydrogens is 477 g/mol. The zero-order valence-electron chi connectivity index (χ0n) is 20.0. The first kappa shape index (κ1) is 27.8. The van der Waals surface area contributed by atoms with E-state index in [0.717, 1.165) is 59.8 Å². The van der Waals surface area contributed by atoms with E-state index >= 15 is 0 Å². The van der Waals surface area contributed by atoms with Gasteiger partial charge in [-0.2, -0.15) is 0 Å². The molecule has 1 aromatic heterocycles. The van der Waals surface area contributed by atoms with E-state index in [9.17, 15) is 9.90 Å². The van der Waals surface area contributed by atoms with Crippen LogP contribution in [0.25, 0.3) is 16.6 Å². The predicted octanol–water partition coefficient (Wildman–Crippen LogP) is 4.42. The van der Waals surface area contributed by atoms with E-state index in [1.54, 1.807) is 20.1 Å². The van der Waals surface area contributed by atoms with Crippen LogP contribution in [0.5, 0.6) is 11.5 Å². The first-order chi connectivity index (χ1) is 15.4. The summed E-state index contributed by atoms with van der Waals surface area (Å²) < 4.78 is 12.8. The molecule has 1 saturated heterocycles. The summed E-state index contributed by atoms with van der Waals surface area (Å²) in [7, 11) is 3.75. The second kappa shape index (κ2) is 11.8. The number of hydrogen-bond acceptors (Lipinski definition) is 6. The average Bonchev–Trinajstić information content (AvgIpc) is 3.09. The van der Waals surface area contributed by atoms with Gasteiger partial charge in [0.05, 0.1) is 24.8 Å². The lowest BCUT2D eigenvalue weighted by Crippen LogP contribution is -2.43. The SMILES string of the molecule is CCOC(=O)c1c(C)n(-c2ccc(OC)cc2)c2ccc(O)c(CN3CCN(C)CC3)c12.Cl.Cl. The molecule has 0 spiro atoms. The number of methoxy groups -OCH3 is 1. The Labute approximate surface area is 213 Å². The Balaban J connectivity index is 0.00000204. The Morgan fingerprint density at radius 2 is 1.68 bits per heavy atom. The van der Waals surface area contributed by atoms with Gasteiger partial charge in [0.15, 0.2) is 0 Å². The van der Waals surface area contributed by atoms with E-state index in [-0.39, 0.29) is 36.5 Å². The molecule has 1 N–H and O–H groups in total. The molecule has 0 amide bonds. The molecule has 9 heteroatoms. The van der Waals surface area contributed by atoms with Gasteiger partial charge in [-0.1, -0.05) is 0 Å². The lowest BCUT2D eigenvalue weighted by molar-refractivity contribution is 0.0527. The van der Waals surface area contributed by atoms with Crippen LogP contribution in [-0.2, 0) is 11.3 Å². The Hall–Kier alpha value is -2.45. The molecule has 0 atom stereocenters. The zero-order valence-corrected chi connectivity index (χ0v) is 21.7. The first-order valence-corrected chi connectivity index (χ1v) is 11.0. The Morgan fingerprint density at radius 1 is 1.03 bits per heavy atom. The van der Waals surface area contributed by atoms with Gasteiger partial charge in [-0.25, -0.2) is 4.79 Å². The fraction of sp³-hybridized carbons (Fsp3) is 0.400. The standard InChI is InChI=1S/C25H31N3O4.2ClH/c1-5-32-25(30)23-17(2)28(18-6-8-19(31-4)9-7-18)21-10-11-22(29)20(24(21)23)16-27-14-12-26(3)13-15-27;;/h6-11,29H,5,12-16H2,1-4H3;2*1H. The number of ether oxygens (including phenoxy) is 2. The van der Waals surface area contributed by atoms with Crippen molar-refractivity contribution in [1.29, 1.82) is 0 Å². The second-order valence-electron chi connectivity index (χ2n) is 8.25. The van der Waals surface area contributed by atoms with E-state index in [4.69, 9.17) is 9.47 Å². The van der Waals surface area contributed by atoms with Crippen LogP contribution in [0.4, 0.5) is 0 Å². The van der Waals surface area contributed by atoms with Crippen LogP contribution in [0.2, 0.25) is 0 Å². The maximum absolute atomic E-state index is 13.1. The van der Waals surface area contributed by atoms with E-state index < -0.39 is 0 Å². The molecule has 1 aliphatic rings. The molecule has 1 aliphatic heterocycles. The summed E-state index contributed by atoms with van der Waals surface area (Å²) in [5.74, 6) is 0.600. The molecular formula is C25H33Cl2N3O4. The van der Waals surface area contributed by atoms with E-state index in [2.05, 4.69) is 16.8 Å². The number of phenolic OH excluding ortho intramolecular Hbond substituents is 1. The fourth-order valence-electron chi connectivity index (χ4n) is 4.47. The highest BCUT2D eigenvalue weighted by molar-refractivity contribution is 6.08. The fourth-order valence-corrected chi connectivity index (χ4v) is 4.47. The van der Waals surface area contributed by atoms with Crippen LogP contribution < -0.4 is 4.74 Å². The van der Waals surface area contributed by atoms with Gasteiger partial charge in [0, 0.05) is 55.1 Å². The number of aromatic nitrogens is 1. The number of esters is 1. The number of carbonyl (C=O) groups excluding carboxylic acids is 1. The molecule has 0 saturated carbocycles. The number of aromatic hydroxyl groups is 1. The number of hydrogen-bond donors (Lipinski definition) is 1. The number of nitrogens with zero attached hydrogens (tertiary/aromatic N) is 3. The number of likely N-dealkylation sites (N-methyl/N-ethyl adjacent to an activating group) is 1. The molecule has 0 bridgehead atoms. The molecule has 3 aromatic rings. The highest BCUT2D eigenvalue weighted by Gasteiger charge is 2.27. The van der Waals surface area contributed by atoms with E-state index in [0.29, 0.717) is 18.7 Å². The van der Waals surface area contributed by atoms with Crippen molar-refractivity contribution in [3.05, 3.63) is 53.2 Å². The number of phenols is 1. The Morgan fingerprint density at radius 3 is 2.26 bits per heavy atom. The third-order valence-corrected chi connectivity index (χ3v) is 6.24. The smallest absolute Gasteiger partial charge is 0.340 e. The van der Waals surface area contributed by atoms with Crippen LogP contribution in [0.1, 0.15) is 28.5 Å². The third kappa shape index (κ3) is 5.28. The third-order valence-electron chi connectivity index (χ3n) is 6.24. The molecule has 0 unspecified atom stereocenters. The summed E-state index contributed by atoms with van der Waals surface area (Å²) in [4.78, 5) is 17.7. The molecule has 1 fully saturated rings. The van der Waals surface area contributed by atoms with Gasteiger partial charge in [0.25, 0.3) is 0 Å². The van der Waals surface area contributed by atoms with Crippen LogP contribution >= 0.6 is 24.8 Å². The van der Waals surface area contributed by atoms with Crippen molar-refractivity contribution in [1.82, 2.24) is 14.4 Å². The summed E-state index contributed by atoms with van der Waals surface area (Å²) in [6, 6.07) is 11.3. The van der Waals surface area contributed by atoms with Crippen molar-refractivity contribution < 1.29 is 19.4 Å². The van der Waals surface area contributed by atoms with E-state index in [1.165, 1.54) is 0 Å². The largest absolute Gasteiger partial charge is 0.508 e. The molecule has 34 heavy (non-hydrogen) atoms. The molecule has 186 valence electrons. The summed E-state index contributed by atoms with van der Waals surface area (Å²) in [6.45, 7) is 8.39. The number of rotatable bonds is 6. The zero-order chi connectivity index (χ0) is 22.8. The summed E-state index contributed by atoms with van der Waals surface area (Å²) in [5, 5.41) is 11.6. The molecule has 7 nitrogen and oxygen atoms in total. The highest BCUT2D eigenvalue weighted by Crippen LogP contribution is 2.37. The van der Waals surface area contributed by atoms with Gasteiger partial charge in [0.2, 0.25) is 0 Å². The Kier molecular flexibility index (Phi) is 9.64. The Bertz CT molecular complexity index is 1120. The monoisotopic (exact) mass is 509 g/mol. The van der Waals surface area contributed by atoms with Crippen molar-refractivity contribution in [3.63, 3.8) is 0 Å². The molecule has 2 aromatic carbocycles. The van der Waals surface area contributed by atoms with E-state index in [1.807, 2.05) is 41.8 Å². The number of carbonyl (C=O) groups is 1. The molecule has 0 aliphatic carbocycles. The minimum atomic E-state index is -0.368. The number of piperazine rings is 1. The minimum Gasteiger partial charge on any atom is -0.508 e. The lowest BCUT2D eigenvalue weighted by atomic mass is 10.0. The topological polar surface area (TPSA) is 67.2 Å². The maximum atomic E-state index is 13.1. The van der Waals surface area contributed by atoms with Crippen LogP contribution in [-0.4, -0.2) is 72.4 Å². The summed E-state index contributed by atoms with van der Waals surface area (Å²) in [5.41, 5.74) is 3.86. The minimum absolute atomic E-state index is 0. The first-order valence-electron chi connectivity index (χ1n) is 11.0. The van der Waals surface area contributed by atoms with Crippen LogP contribution in [0.15, 0.2) is 36.4 Å². The predicted molar refractivity (Wildman–Crippen MR) is 139 cm³/mol. The van der Waals surface area contributed by atoms with Gasteiger partial charge in [-0.05, 0) is 57.3 Å². The van der Waals surface area contributed by atoms with Gasteiger partial charge in [-0.15, -0.1) is 24.8 Å². The maximum Gasteiger partial charge on any atom is 0.340 e. The van der Waals surface area contributed by atoms with Crippen molar-refractivity contribution in [2.24, 2.45) is 0 Å². The van der Waals surface area contributed by atoms with Gasteiger partial charge in [-0.3, -0.25) is 4.90 Å². The molecule has 2 heterocycles. The van der Waals surface area contributed by atoms with Gasteiger partial charge < -0.3 is 24.0 Å². The lowest BCUT2D eigenvalue weighted by Gasteiger charge is -2.32. The van der Waals surface area contributed by atoms with Gasteiger partial charge >= 0.3 is 5.97 Å². The van der Waals surface area contributed by atoms with Crippen LogP contribution in [0.3, 0.4) is 0 Å². The number of fused-ring (bicyclic) bond motifs is 1. The average molecular weight is 510 g/mol. The summed E-state index contributed by atoms with van der Waals surface area (Å²) >= 11 is 0. The normalized spacial score (nSPS) is 14.4. The highest BCUT2D eigenvalue weighted by atomic mass is 35.5. The van der Waals surface area contributed by atoms with Crippen LogP contribution in [0, 0.1) is 6.92 Å². The van der Waals surface area contributed by atoms with Crippen molar-refractivity contribution in [2.45, 2.75) is 20.4 Å². The van der Waals surface area contributed by atoms with Crippen molar-refractivity contribution in [2.75, 3.05) is 46.9 Å². The summed E-state index contributed by atoms with van der Waals surface area (Å²) in [6.07, 6.45) is 0. The molecule has 4 rings (SSSR count). The number of halogens is 2. The quantitative estimate of drug-likeness (QED) is 0.496. The van der Waals surface area contributed by atoms with Gasteiger partial charge in [0.1, 0.15) is 11.5 Å².